The molecule has 1 saturated heterocycles. The van der Waals surface area contributed by atoms with Crippen molar-refractivity contribution in [3.8, 4) is 0 Å². The molecule has 3 rings (SSSR count). The van der Waals surface area contributed by atoms with Crippen molar-refractivity contribution >= 4 is 17.4 Å². The second-order valence-electron chi connectivity index (χ2n) is 5.61. The van der Waals surface area contributed by atoms with Crippen LogP contribution in [0.4, 0.5) is 11.5 Å². The lowest BCUT2D eigenvalue weighted by Gasteiger charge is -2.17. The third kappa shape index (κ3) is 3.18. The molecule has 0 radical (unpaired) electrons. The number of amides is 1. The van der Waals surface area contributed by atoms with Gasteiger partial charge in [0.2, 0.25) is 5.91 Å². The third-order valence-corrected chi connectivity index (χ3v) is 4.05. The Kier molecular flexibility index (Phi) is 4.00. The molecule has 1 aliphatic carbocycles. The molecule has 4 heteroatoms. The summed E-state index contributed by atoms with van der Waals surface area (Å²) in [6.07, 6.45) is 11.4. The van der Waals surface area contributed by atoms with Crippen LogP contribution in [0.5, 0.6) is 0 Å². The Morgan fingerprint density at radius 1 is 1.35 bits per heavy atom. The van der Waals surface area contributed by atoms with Gasteiger partial charge in [0.05, 0.1) is 11.9 Å². The summed E-state index contributed by atoms with van der Waals surface area (Å²) in [4.78, 5) is 18.6. The third-order valence-electron chi connectivity index (χ3n) is 4.05. The van der Waals surface area contributed by atoms with E-state index in [1.54, 1.807) is 0 Å². The zero-order chi connectivity index (χ0) is 13.8. The number of pyridine rings is 1. The first-order valence-corrected chi connectivity index (χ1v) is 7.49. The topological polar surface area (TPSA) is 45.2 Å². The van der Waals surface area contributed by atoms with Crippen LogP contribution in [0.1, 0.15) is 32.1 Å². The average Bonchev–Trinajstić information content (AvgIpc) is 3.12. The number of allylic oxidation sites excluding steroid dienone is 2. The first kappa shape index (κ1) is 13.2. The summed E-state index contributed by atoms with van der Waals surface area (Å²) in [6, 6.07) is 3.94. The Morgan fingerprint density at radius 2 is 2.20 bits per heavy atom. The van der Waals surface area contributed by atoms with Crippen LogP contribution < -0.4 is 10.2 Å². The molecule has 1 fully saturated rings. The Balaban J connectivity index is 1.54. The average molecular weight is 271 g/mol. The summed E-state index contributed by atoms with van der Waals surface area (Å²) < 4.78 is 0. The molecule has 0 spiro atoms. The van der Waals surface area contributed by atoms with E-state index in [4.69, 9.17) is 0 Å². The maximum Gasteiger partial charge on any atom is 0.226 e. The molecule has 1 N–H and O–H groups in total. The van der Waals surface area contributed by atoms with Crippen LogP contribution >= 0.6 is 0 Å². The van der Waals surface area contributed by atoms with E-state index in [1.807, 2.05) is 18.3 Å². The van der Waals surface area contributed by atoms with Crippen LogP contribution in [0.25, 0.3) is 0 Å². The van der Waals surface area contributed by atoms with Crippen molar-refractivity contribution in [1.82, 2.24) is 4.98 Å². The van der Waals surface area contributed by atoms with Crippen molar-refractivity contribution in [2.75, 3.05) is 23.3 Å². The fourth-order valence-corrected chi connectivity index (χ4v) is 2.92. The molecule has 2 aliphatic rings. The lowest BCUT2D eigenvalue weighted by molar-refractivity contribution is -0.116. The number of nitrogens with one attached hydrogen (secondary N) is 1. The molecule has 1 atom stereocenters. The number of rotatable bonds is 4. The van der Waals surface area contributed by atoms with Crippen LogP contribution in [0, 0.1) is 5.92 Å². The molecular formula is C16H21N3O. The predicted molar refractivity (Wildman–Crippen MR) is 80.8 cm³/mol. The van der Waals surface area contributed by atoms with Crippen LogP contribution in [0.2, 0.25) is 0 Å². The van der Waals surface area contributed by atoms with Crippen molar-refractivity contribution in [1.29, 1.82) is 0 Å². The van der Waals surface area contributed by atoms with Gasteiger partial charge in [-0.15, -0.1) is 0 Å². The van der Waals surface area contributed by atoms with Gasteiger partial charge in [0.1, 0.15) is 5.82 Å². The molecule has 1 aromatic rings. The van der Waals surface area contributed by atoms with Gasteiger partial charge in [0, 0.05) is 19.5 Å². The van der Waals surface area contributed by atoms with Gasteiger partial charge in [-0.3, -0.25) is 4.79 Å². The van der Waals surface area contributed by atoms with E-state index in [1.165, 1.54) is 12.8 Å². The molecule has 4 nitrogen and oxygen atoms in total. The van der Waals surface area contributed by atoms with Crippen LogP contribution in [0.15, 0.2) is 30.5 Å². The molecule has 0 saturated carbocycles. The van der Waals surface area contributed by atoms with Gasteiger partial charge >= 0.3 is 0 Å². The molecule has 1 aliphatic heterocycles. The highest BCUT2D eigenvalue weighted by Gasteiger charge is 2.15. The summed E-state index contributed by atoms with van der Waals surface area (Å²) in [7, 11) is 0. The Bertz CT molecular complexity index is 489. The summed E-state index contributed by atoms with van der Waals surface area (Å²) in [5, 5.41) is 2.88. The van der Waals surface area contributed by atoms with E-state index in [0.717, 1.165) is 31.6 Å². The van der Waals surface area contributed by atoms with Crippen LogP contribution in [-0.4, -0.2) is 24.0 Å². The Morgan fingerprint density at radius 3 is 2.85 bits per heavy atom. The molecule has 106 valence electrons. The SMILES string of the molecule is O=C(CC1C=CCC1)Nc1ccc(N2CCCC2)cn1. The number of hydrogen-bond acceptors (Lipinski definition) is 3. The quantitative estimate of drug-likeness (QED) is 0.856. The molecule has 0 bridgehead atoms. The van der Waals surface area contributed by atoms with E-state index in [2.05, 4.69) is 27.4 Å². The molecule has 1 unspecified atom stereocenters. The first-order chi connectivity index (χ1) is 9.81. The standard InChI is InChI=1S/C16H21N3O/c20-16(11-13-5-1-2-6-13)18-15-8-7-14(12-17-15)19-9-3-4-10-19/h1,5,7-8,12-13H,2-4,6,9-11H2,(H,17,18,20). The van der Waals surface area contributed by atoms with Gasteiger partial charge in [-0.05, 0) is 43.7 Å². The van der Waals surface area contributed by atoms with Crippen molar-refractivity contribution in [2.45, 2.75) is 32.1 Å². The number of nitrogens with zero attached hydrogens (tertiary/aromatic N) is 2. The summed E-state index contributed by atoms with van der Waals surface area (Å²) >= 11 is 0. The van der Waals surface area contributed by atoms with Crippen molar-refractivity contribution in [2.24, 2.45) is 5.92 Å². The smallest absolute Gasteiger partial charge is 0.226 e. The summed E-state index contributed by atoms with van der Waals surface area (Å²) in [5.74, 6) is 1.11. The molecule has 2 heterocycles. The van der Waals surface area contributed by atoms with Gasteiger partial charge in [-0.1, -0.05) is 12.2 Å². The minimum atomic E-state index is 0.0583. The second kappa shape index (κ2) is 6.07. The van der Waals surface area contributed by atoms with Crippen molar-refractivity contribution in [3.63, 3.8) is 0 Å². The molecule has 20 heavy (non-hydrogen) atoms. The predicted octanol–water partition coefficient (Wildman–Crippen LogP) is 2.98. The van der Waals surface area contributed by atoms with E-state index >= 15 is 0 Å². The summed E-state index contributed by atoms with van der Waals surface area (Å²) in [5.41, 5.74) is 1.15. The van der Waals surface area contributed by atoms with Gasteiger partial charge in [-0.25, -0.2) is 4.98 Å². The molecule has 1 aromatic heterocycles. The van der Waals surface area contributed by atoms with Gasteiger partial charge in [0.15, 0.2) is 0 Å². The Hall–Kier alpha value is -1.84. The molecular weight excluding hydrogens is 250 g/mol. The fourth-order valence-electron chi connectivity index (χ4n) is 2.92. The number of carbonyl (C=O) groups excluding carboxylic acids is 1. The zero-order valence-corrected chi connectivity index (χ0v) is 11.7. The monoisotopic (exact) mass is 271 g/mol. The normalized spacial score (nSPS) is 21.4. The maximum absolute atomic E-state index is 11.9. The van der Waals surface area contributed by atoms with Gasteiger partial charge in [-0.2, -0.15) is 0 Å². The fraction of sp³-hybridized carbons (Fsp3) is 0.500. The number of carbonyl (C=O) groups is 1. The molecule has 0 aromatic carbocycles. The number of aromatic nitrogens is 1. The number of anilines is 2. The Labute approximate surface area is 119 Å². The van der Waals surface area contributed by atoms with Crippen molar-refractivity contribution < 1.29 is 4.79 Å². The maximum atomic E-state index is 11.9. The first-order valence-electron chi connectivity index (χ1n) is 7.49. The van der Waals surface area contributed by atoms with E-state index in [0.29, 0.717) is 18.2 Å². The zero-order valence-electron chi connectivity index (χ0n) is 11.7. The lowest BCUT2D eigenvalue weighted by atomic mass is 10.1. The minimum absolute atomic E-state index is 0.0583. The molecule has 1 amide bonds. The van der Waals surface area contributed by atoms with Crippen molar-refractivity contribution in [3.05, 3.63) is 30.5 Å². The lowest BCUT2D eigenvalue weighted by Crippen LogP contribution is -2.18. The van der Waals surface area contributed by atoms with Gasteiger partial charge < -0.3 is 10.2 Å². The van der Waals surface area contributed by atoms with Crippen LogP contribution in [-0.2, 0) is 4.79 Å². The van der Waals surface area contributed by atoms with E-state index in [9.17, 15) is 4.79 Å². The highest BCUT2D eigenvalue weighted by molar-refractivity contribution is 5.90. The summed E-state index contributed by atoms with van der Waals surface area (Å²) in [6.45, 7) is 2.23. The van der Waals surface area contributed by atoms with Crippen LogP contribution in [0.3, 0.4) is 0 Å². The van der Waals surface area contributed by atoms with E-state index < -0.39 is 0 Å². The largest absolute Gasteiger partial charge is 0.370 e. The number of hydrogen-bond donors (Lipinski definition) is 1. The highest BCUT2D eigenvalue weighted by atomic mass is 16.1. The highest BCUT2D eigenvalue weighted by Crippen LogP contribution is 2.22. The second-order valence-corrected chi connectivity index (χ2v) is 5.61. The van der Waals surface area contributed by atoms with Gasteiger partial charge in [0.25, 0.3) is 0 Å². The van der Waals surface area contributed by atoms with E-state index in [-0.39, 0.29) is 5.91 Å². The minimum Gasteiger partial charge on any atom is -0.370 e.